The van der Waals surface area contributed by atoms with E-state index in [0.29, 0.717) is 5.82 Å². The average molecular weight is 257 g/mol. The van der Waals surface area contributed by atoms with Gasteiger partial charge in [-0.1, -0.05) is 0 Å². The Bertz CT molecular complexity index is 477. The van der Waals surface area contributed by atoms with Gasteiger partial charge in [0.1, 0.15) is 24.1 Å². The quantitative estimate of drug-likeness (QED) is 0.490. The molecule has 1 saturated heterocycles. The van der Waals surface area contributed by atoms with E-state index in [2.05, 4.69) is 10.3 Å². The molecule has 1 aromatic heterocycles. The molecule has 2 rings (SSSR count). The van der Waals surface area contributed by atoms with Crippen LogP contribution in [0.3, 0.4) is 0 Å². The van der Waals surface area contributed by atoms with Gasteiger partial charge in [0, 0.05) is 13.2 Å². The second kappa shape index (κ2) is 5.02. The van der Waals surface area contributed by atoms with E-state index in [1.165, 1.54) is 12.3 Å². The number of anilines is 1. The zero-order valence-electron chi connectivity index (χ0n) is 9.72. The fourth-order valence-electron chi connectivity index (χ4n) is 1.86. The van der Waals surface area contributed by atoms with Gasteiger partial charge in [0.25, 0.3) is 0 Å². The lowest BCUT2D eigenvalue weighted by molar-refractivity contribution is -0.0549. The summed E-state index contributed by atoms with van der Waals surface area (Å²) in [5.74, 6) is 0.392. The summed E-state index contributed by atoms with van der Waals surface area (Å²) in [5, 5.41) is 31.0. The van der Waals surface area contributed by atoms with Gasteiger partial charge in [-0.2, -0.15) is 4.98 Å². The van der Waals surface area contributed by atoms with Crippen LogP contribution in [0.25, 0.3) is 0 Å². The van der Waals surface area contributed by atoms with Gasteiger partial charge in [0.15, 0.2) is 6.23 Å². The predicted octanol–water partition coefficient (Wildman–Crippen LogP) is -2.10. The molecular formula is C10H15N3O5. The Kier molecular flexibility index (Phi) is 3.62. The molecule has 8 heteroatoms. The highest BCUT2D eigenvalue weighted by atomic mass is 16.6. The molecule has 0 aromatic carbocycles. The SMILES string of the molecule is CNc1ccn(C2OC(CO)C(O)C2O)c(=O)n1. The number of hydrogen-bond donors (Lipinski definition) is 4. The summed E-state index contributed by atoms with van der Waals surface area (Å²) in [6.07, 6.45) is -3.09. The first-order valence-corrected chi connectivity index (χ1v) is 5.48. The van der Waals surface area contributed by atoms with Gasteiger partial charge in [-0.05, 0) is 6.07 Å². The van der Waals surface area contributed by atoms with Gasteiger partial charge in [0.05, 0.1) is 6.61 Å². The third kappa shape index (κ3) is 2.10. The van der Waals surface area contributed by atoms with Crippen molar-refractivity contribution < 1.29 is 20.1 Å². The van der Waals surface area contributed by atoms with Crippen LogP contribution in [0.1, 0.15) is 6.23 Å². The van der Waals surface area contributed by atoms with Crippen molar-refractivity contribution in [3.63, 3.8) is 0 Å². The lowest BCUT2D eigenvalue weighted by Crippen LogP contribution is -2.36. The van der Waals surface area contributed by atoms with Crippen LogP contribution in [0.15, 0.2) is 17.1 Å². The van der Waals surface area contributed by atoms with Crippen LogP contribution in [0.4, 0.5) is 5.82 Å². The smallest absolute Gasteiger partial charge is 0.351 e. The van der Waals surface area contributed by atoms with Crippen molar-refractivity contribution >= 4 is 5.82 Å². The number of ether oxygens (including phenoxy) is 1. The van der Waals surface area contributed by atoms with Crippen molar-refractivity contribution in [1.82, 2.24) is 9.55 Å². The Morgan fingerprint density at radius 1 is 1.50 bits per heavy atom. The molecule has 1 aliphatic heterocycles. The molecule has 0 spiro atoms. The van der Waals surface area contributed by atoms with Crippen molar-refractivity contribution in [2.45, 2.75) is 24.5 Å². The van der Waals surface area contributed by atoms with Gasteiger partial charge in [-0.15, -0.1) is 0 Å². The topological polar surface area (TPSA) is 117 Å². The van der Waals surface area contributed by atoms with Gasteiger partial charge >= 0.3 is 5.69 Å². The molecule has 1 fully saturated rings. The maximum atomic E-state index is 11.7. The molecule has 1 aliphatic rings. The van der Waals surface area contributed by atoms with Crippen molar-refractivity contribution in [1.29, 1.82) is 0 Å². The van der Waals surface area contributed by atoms with Crippen molar-refractivity contribution in [2.24, 2.45) is 0 Å². The molecule has 0 amide bonds. The van der Waals surface area contributed by atoms with Gasteiger partial charge < -0.3 is 25.4 Å². The number of rotatable bonds is 3. The monoisotopic (exact) mass is 257 g/mol. The fourth-order valence-corrected chi connectivity index (χ4v) is 1.86. The highest BCUT2D eigenvalue weighted by molar-refractivity contribution is 5.30. The summed E-state index contributed by atoms with van der Waals surface area (Å²) in [7, 11) is 1.62. The number of nitrogens with zero attached hydrogens (tertiary/aromatic N) is 2. The highest BCUT2D eigenvalue weighted by Gasteiger charge is 2.43. The Morgan fingerprint density at radius 3 is 2.72 bits per heavy atom. The van der Waals surface area contributed by atoms with Gasteiger partial charge in [-0.3, -0.25) is 4.57 Å². The Labute approximate surface area is 102 Å². The largest absolute Gasteiger partial charge is 0.394 e. The number of aliphatic hydroxyl groups is 3. The number of nitrogens with one attached hydrogen (secondary N) is 1. The minimum Gasteiger partial charge on any atom is -0.394 e. The first-order chi connectivity index (χ1) is 8.58. The maximum Gasteiger partial charge on any atom is 0.351 e. The number of aromatic nitrogens is 2. The molecule has 2 heterocycles. The number of aliphatic hydroxyl groups excluding tert-OH is 3. The van der Waals surface area contributed by atoms with Crippen LogP contribution in [0.2, 0.25) is 0 Å². The third-order valence-electron chi connectivity index (χ3n) is 2.88. The molecule has 18 heavy (non-hydrogen) atoms. The molecule has 8 nitrogen and oxygen atoms in total. The van der Waals surface area contributed by atoms with E-state index in [4.69, 9.17) is 9.84 Å². The molecule has 1 aromatic rings. The summed E-state index contributed by atoms with van der Waals surface area (Å²) in [6, 6.07) is 1.54. The van der Waals surface area contributed by atoms with Crippen LogP contribution in [-0.2, 0) is 4.74 Å². The van der Waals surface area contributed by atoms with E-state index in [1.807, 2.05) is 0 Å². The van der Waals surface area contributed by atoms with Crippen LogP contribution < -0.4 is 11.0 Å². The molecule has 0 radical (unpaired) electrons. The minimum atomic E-state index is -1.29. The molecule has 4 atom stereocenters. The lowest BCUT2D eigenvalue weighted by atomic mass is 10.1. The van der Waals surface area contributed by atoms with E-state index < -0.39 is 36.8 Å². The molecule has 4 N–H and O–H groups in total. The zero-order chi connectivity index (χ0) is 13.3. The molecule has 100 valence electrons. The lowest BCUT2D eigenvalue weighted by Gasteiger charge is -2.17. The first kappa shape index (κ1) is 13.0. The predicted molar refractivity (Wildman–Crippen MR) is 61.1 cm³/mol. The fraction of sp³-hybridized carbons (Fsp3) is 0.600. The third-order valence-corrected chi connectivity index (χ3v) is 2.88. The average Bonchev–Trinajstić information content (AvgIpc) is 2.66. The minimum absolute atomic E-state index is 0.392. The van der Waals surface area contributed by atoms with E-state index in [9.17, 15) is 15.0 Å². The highest BCUT2D eigenvalue weighted by Crippen LogP contribution is 2.27. The normalized spacial score (nSPS) is 31.6. The van der Waals surface area contributed by atoms with Crippen LogP contribution in [0, 0.1) is 0 Å². The summed E-state index contributed by atoms with van der Waals surface area (Å²) in [4.78, 5) is 15.4. The van der Waals surface area contributed by atoms with E-state index in [1.54, 1.807) is 7.05 Å². The first-order valence-electron chi connectivity index (χ1n) is 5.48. The molecule has 0 saturated carbocycles. The van der Waals surface area contributed by atoms with E-state index >= 15 is 0 Å². The number of hydrogen-bond acceptors (Lipinski definition) is 7. The maximum absolute atomic E-state index is 11.7. The van der Waals surface area contributed by atoms with Crippen LogP contribution in [-0.4, -0.2) is 56.8 Å². The molecule has 0 bridgehead atoms. The standard InChI is InChI=1S/C10H15N3O5/c1-11-6-2-3-13(10(17)12-6)9-8(16)7(15)5(4-14)18-9/h2-3,5,7-9,14-16H,4H2,1H3,(H,11,12,17). The van der Waals surface area contributed by atoms with Crippen molar-refractivity contribution in [2.75, 3.05) is 19.0 Å². The molecule has 0 aliphatic carbocycles. The van der Waals surface area contributed by atoms with Crippen molar-refractivity contribution in [3.05, 3.63) is 22.7 Å². The zero-order valence-corrected chi connectivity index (χ0v) is 9.72. The second-order valence-corrected chi connectivity index (χ2v) is 3.98. The van der Waals surface area contributed by atoms with Crippen LogP contribution >= 0.6 is 0 Å². The Morgan fingerprint density at radius 2 is 2.22 bits per heavy atom. The summed E-state index contributed by atoms with van der Waals surface area (Å²) in [6.45, 7) is -0.439. The summed E-state index contributed by atoms with van der Waals surface area (Å²) >= 11 is 0. The Hall–Kier alpha value is -1.48. The van der Waals surface area contributed by atoms with Gasteiger partial charge in [-0.25, -0.2) is 4.79 Å². The van der Waals surface area contributed by atoms with Crippen molar-refractivity contribution in [3.8, 4) is 0 Å². The Balaban J connectivity index is 2.30. The summed E-state index contributed by atoms with van der Waals surface area (Å²) < 4.78 is 6.30. The molecular weight excluding hydrogens is 242 g/mol. The summed E-state index contributed by atoms with van der Waals surface area (Å²) in [5.41, 5.74) is -0.614. The van der Waals surface area contributed by atoms with Crippen LogP contribution in [0.5, 0.6) is 0 Å². The van der Waals surface area contributed by atoms with E-state index in [0.717, 1.165) is 4.57 Å². The molecule has 4 unspecified atom stereocenters. The second-order valence-electron chi connectivity index (χ2n) is 3.98. The van der Waals surface area contributed by atoms with E-state index in [-0.39, 0.29) is 0 Å². The van der Waals surface area contributed by atoms with Gasteiger partial charge in [0.2, 0.25) is 0 Å².